The Kier molecular flexibility index (Phi) is 7.26. The molecule has 0 aliphatic carbocycles. The Morgan fingerprint density at radius 2 is 1.53 bits per heavy atom. The van der Waals surface area contributed by atoms with E-state index in [-0.39, 0.29) is 12.0 Å². The van der Waals surface area contributed by atoms with Gasteiger partial charge in [0.05, 0.1) is 0 Å². The Bertz CT molecular complexity index is 1120. The van der Waals surface area contributed by atoms with E-state index in [0.29, 0.717) is 13.1 Å². The number of rotatable bonds is 8. The number of hydrogen-bond donors (Lipinski definition) is 0. The highest BCUT2D eigenvalue weighted by atomic mass is 16.5. The lowest BCUT2D eigenvalue weighted by Crippen LogP contribution is -2.23. The molecule has 1 aliphatic rings. The average molecular weight is 458 g/mol. The van der Waals surface area contributed by atoms with Crippen LogP contribution in [0.2, 0.25) is 0 Å². The van der Waals surface area contributed by atoms with Crippen LogP contribution in [0.1, 0.15) is 44.7 Å². The molecule has 0 unspecified atom stereocenters. The van der Waals surface area contributed by atoms with Crippen LogP contribution in [0, 0.1) is 6.92 Å². The quantitative estimate of drug-likeness (QED) is 0.276. The number of ether oxygens (including phenoxy) is 2. The molecular weight excluding hydrogens is 422 g/mol. The van der Waals surface area contributed by atoms with Crippen molar-refractivity contribution in [3.63, 3.8) is 0 Å². The Labute approximate surface area is 203 Å². The zero-order valence-corrected chi connectivity index (χ0v) is 20.8. The van der Waals surface area contributed by atoms with E-state index in [1.807, 2.05) is 6.07 Å². The number of hydrogen-bond acceptors (Lipinski definition) is 4. The molecule has 4 rings (SSSR count). The van der Waals surface area contributed by atoms with Crippen molar-refractivity contribution in [2.45, 2.75) is 46.0 Å². The molecule has 3 aromatic carbocycles. The molecule has 0 N–H and O–H groups in total. The van der Waals surface area contributed by atoms with Gasteiger partial charge >= 0.3 is 0 Å². The Hall–Kier alpha value is -3.27. The van der Waals surface area contributed by atoms with Crippen molar-refractivity contribution in [1.29, 1.82) is 0 Å². The van der Waals surface area contributed by atoms with E-state index in [0.717, 1.165) is 35.5 Å². The summed E-state index contributed by atoms with van der Waals surface area (Å²) in [5.41, 5.74) is 8.44. The largest absolute Gasteiger partial charge is 0.489 e. The van der Waals surface area contributed by atoms with Crippen LogP contribution in [0.4, 0.5) is 5.69 Å². The third-order valence-corrected chi connectivity index (χ3v) is 6.45. The lowest BCUT2D eigenvalue weighted by Gasteiger charge is -2.29. The molecule has 34 heavy (non-hydrogen) atoms. The molecule has 0 saturated carbocycles. The van der Waals surface area contributed by atoms with Gasteiger partial charge in [-0.15, -0.1) is 0 Å². The molecule has 0 bridgehead atoms. The highest BCUT2D eigenvalue weighted by molar-refractivity contribution is 5.80. The summed E-state index contributed by atoms with van der Waals surface area (Å²) in [6, 6.07) is 21.7. The fraction of sp³-hybridized carbons (Fsp3) is 0.367. The summed E-state index contributed by atoms with van der Waals surface area (Å²) < 4.78 is 10.9. The van der Waals surface area contributed by atoms with E-state index < -0.39 is 0 Å². The summed E-state index contributed by atoms with van der Waals surface area (Å²) >= 11 is 0. The van der Waals surface area contributed by atoms with Gasteiger partial charge in [0.2, 0.25) is 0 Å². The molecule has 0 spiro atoms. The fourth-order valence-electron chi connectivity index (χ4n) is 4.59. The maximum atomic E-state index is 10.5. The zero-order valence-electron chi connectivity index (χ0n) is 20.8. The molecule has 0 amide bonds. The highest BCUT2D eigenvalue weighted by Gasteiger charge is 2.24. The molecule has 178 valence electrons. The van der Waals surface area contributed by atoms with Crippen molar-refractivity contribution in [3.05, 3.63) is 71.8 Å². The maximum absolute atomic E-state index is 10.5. The first-order valence-corrected chi connectivity index (χ1v) is 12.2. The molecule has 0 atom stereocenters. The first kappa shape index (κ1) is 23.9. The molecule has 0 aromatic heterocycles. The summed E-state index contributed by atoms with van der Waals surface area (Å²) in [5, 5.41) is 0. The molecule has 4 heteroatoms. The first-order valence-electron chi connectivity index (χ1n) is 12.2. The van der Waals surface area contributed by atoms with Gasteiger partial charge in [-0.2, -0.15) is 0 Å². The van der Waals surface area contributed by atoms with E-state index in [4.69, 9.17) is 9.47 Å². The second-order valence-electron chi connectivity index (χ2n) is 10.1. The Morgan fingerprint density at radius 3 is 2.21 bits per heavy atom. The van der Waals surface area contributed by atoms with Gasteiger partial charge in [0.15, 0.2) is 0 Å². The van der Waals surface area contributed by atoms with E-state index in [2.05, 4.69) is 87.2 Å². The van der Waals surface area contributed by atoms with E-state index >= 15 is 0 Å². The van der Waals surface area contributed by atoms with Gasteiger partial charge in [-0.25, -0.2) is 0 Å². The third-order valence-electron chi connectivity index (χ3n) is 6.45. The third kappa shape index (κ3) is 5.44. The van der Waals surface area contributed by atoms with Crippen LogP contribution in [0.3, 0.4) is 0 Å². The molecule has 1 heterocycles. The fourth-order valence-corrected chi connectivity index (χ4v) is 4.59. The highest BCUT2D eigenvalue weighted by Crippen LogP contribution is 2.40. The zero-order chi connectivity index (χ0) is 24.1. The molecule has 1 fully saturated rings. The normalized spacial score (nSPS) is 13.7. The monoisotopic (exact) mass is 457 g/mol. The molecule has 1 aliphatic heterocycles. The Balaban J connectivity index is 1.78. The van der Waals surface area contributed by atoms with E-state index in [9.17, 15) is 4.79 Å². The average Bonchev–Trinajstić information content (AvgIpc) is 3.36. The van der Waals surface area contributed by atoms with Crippen molar-refractivity contribution in [1.82, 2.24) is 0 Å². The van der Waals surface area contributed by atoms with Gasteiger partial charge in [0.1, 0.15) is 19.0 Å². The summed E-state index contributed by atoms with van der Waals surface area (Å²) in [6.07, 6.45) is 2.51. The van der Waals surface area contributed by atoms with Gasteiger partial charge in [-0.05, 0) is 71.7 Å². The van der Waals surface area contributed by atoms with Crippen molar-refractivity contribution >= 4 is 12.2 Å². The van der Waals surface area contributed by atoms with Crippen molar-refractivity contribution in [2.75, 3.05) is 31.2 Å². The Morgan fingerprint density at radius 1 is 0.853 bits per heavy atom. The summed E-state index contributed by atoms with van der Waals surface area (Å²) in [4.78, 5) is 13.0. The van der Waals surface area contributed by atoms with Crippen molar-refractivity contribution in [2.24, 2.45) is 0 Å². The number of anilines is 1. The maximum Gasteiger partial charge on any atom is 0.293 e. The minimum Gasteiger partial charge on any atom is -0.489 e. The van der Waals surface area contributed by atoms with Crippen LogP contribution < -0.4 is 9.64 Å². The van der Waals surface area contributed by atoms with E-state index in [1.165, 1.54) is 35.2 Å². The molecule has 1 saturated heterocycles. The smallest absolute Gasteiger partial charge is 0.293 e. The van der Waals surface area contributed by atoms with Crippen LogP contribution in [0.25, 0.3) is 22.3 Å². The van der Waals surface area contributed by atoms with Gasteiger partial charge < -0.3 is 14.4 Å². The van der Waals surface area contributed by atoms with Gasteiger partial charge in [-0.3, -0.25) is 4.79 Å². The molecular formula is C30H35NO3. The standard InChI is InChI=1S/C30H35NO3/c1-22-7-9-23(10-8-22)24-12-14-29(34-18-17-33-21-32)26(19-24)25-11-13-28(31-15-5-6-16-31)27(20-25)30(2,3)4/h7-14,19-21H,5-6,15-18H2,1-4H3. The first-order chi connectivity index (χ1) is 16.4. The summed E-state index contributed by atoms with van der Waals surface area (Å²) in [5.74, 6) is 0.791. The van der Waals surface area contributed by atoms with Gasteiger partial charge in [-0.1, -0.05) is 62.7 Å². The predicted octanol–water partition coefficient (Wildman–Crippen LogP) is 6.78. The SMILES string of the molecule is Cc1ccc(-c2ccc(OCCOC=O)c(-c3ccc(N4CCCC4)c(C(C)(C)C)c3)c2)cc1. The van der Waals surface area contributed by atoms with Gasteiger partial charge in [0.25, 0.3) is 6.47 Å². The number of aryl methyl sites for hydroxylation is 1. The lowest BCUT2D eigenvalue weighted by molar-refractivity contribution is -0.129. The predicted molar refractivity (Wildman–Crippen MR) is 140 cm³/mol. The van der Waals surface area contributed by atoms with E-state index in [1.54, 1.807) is 0 Å². The number of carbonyl (C=O) groups is 1. The van der Waals surface area contributed by atoms with Crippen molar-refractivity contribution < 1.29 is 14.3 Å². The van der Waals surface area contributed by atoms with Crippen molar-refractivity contribution in [3.8, 4) is 28.0 Å². The number of nitrogens with zero attached hydrogens (tertiary/aromatic N) is 1. The minimum atomic E-state index is 0.0152. The molecule has 0 radical (unpaired) electrons. The lowest BCUT2D eigenvalue weighted by atomic mass is 9.83. The number of benzene rings is 3. The van der Waals surface area contributed by atoms with Crippen LogP contribution in [0.15, 0.2) is 60.7 Å². The van der Waals surface area contributed by atoms with Crippen LogP contribution in [0.5, 0.6) is 5.75 Å². The second-order valence-corrected chi connectivity index (χ2v) is 10.1. The van der Waals surface area contributed by atoms with Gasteiger partial charge in [0, 0.05) is 24.3 Å². The summed E-state index contributed by atoms with van der Waals surface area (Å²) in [6.45, 7) is 12.2. The minimum absolute atomic E-state index is 0.0152. The van der Waals surface area contributed by atoms with Crippen LogP contribution in [-0.4, -0.2) is 32.8 Å². The topological polar surface area (TPSA) is 38.8 Å². The van der Waals surface area contributed by atoms with Crippen LogP contribution >= 0.6 is 0 Å². The molecule has 3 aromatic rings. The molecule has 4 nitrogen and oxygen atoms in total. The second kappa shape index (κ2) is 10.3. The van der Waals surface area contributed by atoms with Crippen LogP contribution in [-0.2, 0) is 14.9 Å². The summed E-state index contributed by atoms with van der Waals surface area (Å²) in [7, 11) is 0. The number of carbonyl (C=O) groups excluding carboxylic acids is 1.